The summed E-state index contributed by atoms with van der Waals surface area (Å²) in [4.78, 5) is 13.3. The molecule has 1 atom stereocenters. The molecule has 31 heavy (non-hydrogen) atoms. The van der Waals surface area contributed by atoms with Gasteiger partial charge in [0.1, 0.15) is 22.5 Å². The molecule has 3 rings (SSSR count). The van der Waals surface area contributed by atoms with E-state index in [1.807, 2.05) is 24.3 Å². The number of hydrogen-bond donors (Lipinski definition) is 2. The van der Waals surface area contributed by atoms with Crippen molar-refractivity contribution >= 4 is 22.6 Å². The fourth-order valence-electron chi connectivity index (χ4n) is 4.62. The number of allylic oxidation sites excluding steroid dienone is 2. The van der Waals surface area contributed by atoms with Gasteiger partial charge in [-0.3, -0.25) is 4.79 Å². The Morgan fingerprint density at radius 2 is 1.81 bits per heavy atom. The summed E-state index contributed by atoms with van der Waals surface area (Å²) in [5, 5.41) is 23.2. The van der Waals surface area contributed by atoms with Crippen molar-refractivity contribution in [2.45, 2.75) is 54.4 Å². The number of nitrogens with one attached hydrogen (secondary N) is 1. The summed E-state index contributed by atoms with van der Waals surface area (Å²) in [6, 6.07) is 7.63. The Balaban J connectivity index is 2.11. The number of carbonyl (C=O) groups is 1. The van der Waals surface area contributed by atoms with Gasteiger partial charge >= 0.3 is 0 Å². The predicted octanol–water partition coefficient (Wildman–Crippen LogP) is 5.26. The van der Waals surface area contributed by atoms with Gasteiger partial charge in [-0.2, -0.15) is 0 Å². The molecule has 6 heteroatoms. The van der Waals surface area contributed by atoms with Crippen molar-refractivity contribution < 1.29 is 9.90 Å². The predicted molar refractivity (Wildman–Crippen MR) is 125 cm³/mol. The molecule has 1 aromatic heterocycles. The van der Waals surface area contributed by atoms with Gasteiger partial charge in [-0.05, 0) is 58.9 Å². The molecule has 166 valence electrons. The second-order valence-electron chi connectivity index (χ2n) is 10.6. The SMILES string of the molecule is C=CC(=O)NCC1=C(O)C(n2nc3ccccc3n2)=CC(C)(C(C)(C)CC(C)(C)C)C1. The van der Waals surface area contributed by atoms with Crippen LogP contribution in [0.3, 0.4) is 0 Å². The number of aliphatic hydroxyl groups is 1. The lowest BCUT2D eigenvalue weighted by atomic mass is 9.57. The van der Waals surface area contributed by atoms with Crippen LogP contribution < -0.4 is 5.32 Å². The maximum atomic E-state index is 11.8. The van der Waals surface area contributed by atoms with Crippen LogP contribution in [-0.4, -0.2) is 32.6 Å². The minimum Gasteiger partial charge on any atom is -0.506 e. The van der Waals surface area contributed by atoms with Crippen LogP contribution in [0, 0.1) is 16.2 Å². The Morgan fingerprint density at radius 3 is 2.32 bits per heavy atom. The monoisotopic (exact) mass is 422 g/mol. The fourth-order valence-corrected chi connectivity index (χ4v) is 4.62. The standard InChI is InChI=1S/C25H34N4O2/c1-8-21(30)26-15-17-13-25(7,24(5,6)16-23(2,3)4)14-20(22(17)31)29-27-18-11-9-10-12-19(18)28-29/h8-12,14,31H,1,13,15-16H2,2-7H3,(H,26,30). The maximum absolute atomic E-state index is 11.8. The summed E-state index contributed by atoms with van der Waals surface area (Å²) >= 11 is 0. The third-order valence-electron chi connectivity index (χ3n) is 6.30. The highest BCUT2D eigenvalue weighted by Crippen LogP contribution is 2.53. The molecule has 6 nitrogen and oxygen atoms in total. The average molecular weight is 423 g/mol. The molecule has 1 amide bonds. The normalized spacial score (nSPS) is 20.0. The molecule has 2 aromatic rings. The van der Waals surface area contributed by atoms with E-state index in [4.69, 9.17) is 0 Å². The van der Waals surface area contributed by atoms with Gasteiger partial charge in [-0.15, -0.1) is 15.0 Å². The Hall–Kier alpha value is -2.89. The number of aliphatic hydroxyl groups excluding tert-OH is 1. The third-order valence-corrected chi connectivity index (χ3v) is 6.30. The molecule has 0 saturated carbocycles. The smallest absolute Gasteiger partial charge is 0.243 e. The first-order valence-corrected chi connectivity index (χ1v) is 10.7. The molecule has 0 saturated heterocycles. The van der Waals surface area contributed by atoms with Gasteiger partial charge in [0.05, 0.1) is 0 Å². The highest BCUT2D eigenvalue weighted by Gasteiger charge is 2.45. The van der Waals surface area contributed by atoms with Gasteiger partial charge in [0.25, 0.3) is 0 Å². The molecule has 1 aromatic carbocycles. The third kappa shape index (κ3) is 4.73. The summed E-state index contributed by atoms with van der Waals surface area (Å²) in [5.74, 6) is -0.149. The molecule has 0 fully saturated rings. The Bertz CT molecular complexity index is 1040. The number of hydrogen-bond acceptors (Lipinski definition) is 4. The first-order chi connectivity index (χ1) is 14.4. The highest BCUT2D eigenvalue weighted by molar-refractivity contribution is 5.87. The zero-order chi connectivity index (χ0) is 23.0. The van der Waals surface area contributed by atoms with Crippen LogP contribution in [0.25, 0.3) is 16.7 Å². The van der Waals surface area contributed by atoms with Gasteiger partial charge in [0, 0.05) is 6.54 Å². The van der Waals surface area contributed by atoms with Crippen molar-refractivity contribution in [3.8, 4) is 0 Å². The van der Waals surface area contributed by atoms with E-state index in [9.17, 15) is 9.90 Å². The van der Waals surface area contributed by atoms with Crippen molar-refractivity contribution in [1.29, 1.82) is 0 Å². The topological polar surface area (TPSA) is 80.0 Å². The minimum absolute atomic E-state index is 0.0858. The largest absolute Gasteiger partial charge is 0.506 e. The number of fused-ring (bicyclic) bond motifs is 1. The number of benzene rings is 1. The lowest BCUT2D eigenvalue weighted by Crippen LogP contribution is -2.40. The summed E-state index contributed by atoms with van der Waals surface area (Å²) in [7, 11) is 0. The lowest BCUT2D eigenvalue weighted by molar-refractivity contribution is -0.116. The van der Waals surface area contributed by atoms with Crippen LogP contribution in [0.5, 0.6) is 0 Å². The summed E-state index contributed by atoms with van der Waals surface area (Å²) < 4.78 is 0. The summed E-state index contributed by atoms with van der Waals surface area (Å²) in [6.45, 7) is 17.2. The van der Waals surface area contributed by atoms with Crippen molar-refractivity contribution in [2.24, 2.45) is 16.2 Å². The molecule has 0 radical (unpaired) electrons. The molecular formula is C25H34N4O2. The van der Waals surface area contributed by atoms with Gasteiger partial charge < -0.3 is 10.4 Å². The zero-order valence-corrected chi connectivity index (χ0v) is 19.5. The van der Waals surface area contributed by atoms with E-state index < -0.39 is 0 Å². The second-order valence-corrected chi connectivity index (χ2v) is 10.6. The molecule has 0 bridgehead atoms. The quantitative estimate of drug-likeness (QED) is 0.622. The Labute approximate surface area is 184 Å². The van der Waals surface area contributed by atoms with Gasteiger partial charge in [0.2, 0.25) is 5.91 Å². The molecule has 1 heterocycles. The van der Waals surface area contributed by atoms with Gasteiger partial charge in [0.15, 0.2) is 0 Å². The Morgan fingerprint density at radius 1 is 1.23 bits per heavy atom. The molecule has 1 unspecified atom stereocenters. The van der Waals surface area contributed by atoms with Crippen LogP contribution >= 0.6 is 0 Å². The molecular weight excluding hydrogens is 388 g/mol. The van der Waals surface area contributed by atoms with E-state index in [2.05, 4.69) is 69.7 Å². The van der Waals surface area contributed by atoms with Crippen molar-refractivity contribution in [3.63, 3.8) is 0 Å². The average Bonchev–Trinajstić information content (AvgIpc) is 3.10. The van der Waals surface area contributed by atoms with E-state index in [0.717, 1.165) is 23.0 Å². The van der Waals surface area contributed by atoms with Crippen LogP contribution in [0.2, 0.25) is 0 Å². The second kappa shape index (κ2) is 7.98. The zero-order valence-electron chi connectivity index (χ0n) is 19.5. The Kier molecular flexibility index (Phi) is 5.87. The van der Waals surface area contributed by atoms with E-state index >= 15 is 0 Å². The minimum atomic E-state index is -0.282. The molecule has 1 aliphatic rings. The maximum Gasteiger partial charge on any atom is 0.243 e. The molecule has 1 aliphatic carbocycles. The summed E-state index contributed by atoms with van der Waals surface area (Å²) in [5.41, 5.74) is 2.61. The number of rotatable bonds is 6. The van der Waals surface area contributed by atoms with Crippen molar-refractivity contribution in [1.82, 2.24) is 20.3 Å². The van der Waals surface area contributed by atoms with E-state index in [1.165, 1.54) is 10.9 Å². The number of carbonyl (C=O) groups excluding carboxylic acids is 1. The van der Waals surface area contributed by atoms with Crippen molar-refractivity contribution in [3.05, 3.63) is 54.3 Å². The van der Waals surface area contributed by atoms with Gasteiger partial charge in [-0.25, -0.2) is 0 Å². The van der Waals surface area contributed by atoms with E-state index in [1.54, 1.807) is 0 Å². The van der Waals surface area contributed by atoms with Crippen LogP contribution in [0.1, 0.15) is 54.4 Å². The van der Waals surface area contributed by atoms with E-state index in [-0.39, 0.29) is 34.5 Å². The molecule has 0 aliphatic heterocycles. The number of amides is 1. The molecule has 2 N–H and O–H groups in total. The highest BCUT2D eigenvalue weighted by atomic mass is 16.3. The van der Waals surface area contributed by atoms with Gasteiger partial charge in [-0.1, -0.05) is 60.3 Å². The number of aromatic nitrogens is 3. The molecule has 0 spiro atoms. The summed E-state index contributed by atoms with van der Waals surface area (Å²) in [6.07, 6.45) is 4.96. The van der Waals surface area contributed by atoms with Crippen LogP contribution in [0.4, 0.5) is 0 Å². The first-order valence-electron chi connectivity index (χ1n) is 10.7. The van der Waals surface area contributed by atoms with Crippen LogP contribution in [-0.2, 0) is 4.79 Å². The van der Waals surface area contributed by atoms with E-state index in [0.29, 0.717) is 12.1 Å². The first kappa shape index (κ1) is 22.8. The lowest BCUT2D eigenvalue weighted by Gasteiger charge is -2.48. The van der Waals surface area contributed by atoms with Crippen LogP contribution in [0.15, 0.2) is 54.3 Å². The fraction of sp³-hybridized carbons (Fsp3) is 0.480. The number of nitrogens with zero attached hydrogens (tertiary/aromatic N) is 3. The van der Waals surface area contributed by atoms with Crippen molar-refractivity contribution in [2.75, 3.05) is 6.54 Å².